The SMILES string of the molecule is NC(=O)CC(NC(=O)C1CNC(=O)C1)C(=O)O. The largest absolute Gasteiger partial charge is 0.480 e. The number of carbonyl (C=O) groups excluding carboxylic acids is 3. The van der Waals surface area contributed by atoms with Crippen LogP contribution in [0.1, 0.15) is 12.8 Å². The molecule has 1 fully saturated rings. The van der Waals surface area contributed by atoms with Crippen LogP contribution in [0.3, 0.4) is 0 Å². The number of hydrogen-bond acceptors (Lipinski definition) is 4. The third-order valence-corrected chi connectivity index (χ3v) is 2.37. The van der Waals surface area contributed by atoms with Crippen LogP contribution < -0.4 is 16.4 Å². The van der Waals surface area contributed by atoms with Crippen molar-refractivity contribution in [3.05, 3.63) is 0 Å². The van der Waals surface area contributed by atoms with Crippen molar-refractivity contribution < 1.29 is 24.3 Å². The number of carbonyl (C=O) groups is 4. The van der Waals surface area contributed by atoms with Crippen molar-refractivity contribution in [2.45, 2.75) is 18.9 Å². The molecular formula is C9H13N3O5. The molecule has 2 unspecified atom stereocenters. The van der Waals surface area contributed by atoms with Gasteiger partial charge in [0.1, 0.15) is 6.04 Å². The zero-order valence-corrected chi connectivity index (χ0v) is 8.93. The maximum Gasteiger partial charge on any atom is 0.326 e. The Kier molecular flexibility index (Phi) is 4.02. The fourth-order valence-electron chi connectivity index (χ4n) is 1.48. The maximum atomic E-state index is 11.6. The molecule has 1 aliphatic heterocycles. The molecule has 0 aromatic rings. The van der Waals surface area contributed by atoms with E-state index in [9.17, 15) is 19.2 Å². The summed E-state index contributed by atoms with van der Waals surface area (Å²) in [4.78, 5) is 43.8. The van der Waals surface area contributed by atoms with E-state index in [1.165, 1.54) is 0 Å². The van der Waals surface area contributed by atoms with Gasteiger partial charge >= 0.3 is 5.97 Å². The normalized spacial score (nSPS) is 20.5. The van der Waals surface area contributed by atoms with Crippen molar-refractivity contribution in [2.75, 3.05) is 6.54 Å². The van der Waals surface area contributed by atoms with Gasteiger partial charge in [0.2, 0.25) is 17.7 Å². The van der Waals surface area contributed by atoms with E-state index in [0.29, 0.717) is 0 Å². The summed E-state index contributed by atoms with van der Waals surface area (Å²) < 4.78 is 0. The zero-order chi connectivity index (χ0) is 13.0. The summed E-state index contributed by atoms with van der Waals surface area (Å²) in [5, 5.41) is 13.4. The fourth-order valence-corrected chi connectivity index (χ4v) is 1.48. The number of carboxylic acid groups (broad SMARTS) is 1. The highest BCUT2D eigenvalue weighted by Crippen LogP contribution is 2.09. The standard InChI is InChI=1S/C9H13N3O5/c10-6(13)2-5(9(16)17)12-8(15)4-1-7(14)11-3-4/h4-5H,1-3H2,(H2,10,13)(H,11,14)(H,12,15)(H,16,17). The van der Waals surface area contributed by atoms with Crippen LogP contribution in [-0.4, -0.2) is 41.4 Å². The van der Waals surface area contributed by atoms with Gasteiger partial charge in [-0.2, -0.15) is 0 Å². The Morgan fingerprint density at radius 3 is 2.59 bits per heavy atom. The van der Waals surface area contributed by atoms with Crippen LogP contribution in [0.15, 0.2) is 0 Å². The van der Waals surface area contributed by atoms with E-state index in [-0.39, 0.29) is 18.9 Å². The second-order valence-corrected chi connectivity index (χ2v) is 3.77. The highest BCUT2D eigenvalue weighted by molar-refractivity contribution is 5.92. The Labute approximate surface area is 96.5 Å². The van der Waals surface area contributed by atoms with Gasteiger partial charge in [-0.3, -0.25) is 14.4 Å². The minimum atomic E-state index is -1.35. The lowest BCUT2D eigenvalue weighted by atomic mass is 10.1. The van der Waals surface area contributed by atoms with Crippen molar-refractivity contribution in [3.63, 3.8) is 0 Å². The second-order valence-electron chi connectivity index (χ2n) is 3.77. The third kappa shape index (κ3) is 3.74. The van der Waals surface area contributed by atoms with Crippen molar-refractivity contribution >= 4 is 23.7 Å². The predicted octanol–water partition coefficient (Wildman–Crippen LogP) is -2.43. The molecule has 0 aromatic heterocycles. The maximum absolute atomic E-state index is 11.6. The summed E-state index contributed by atoms with van der Waals surface area (Å²) in [5.41, 5.74) is 4.86. The molecule has 0 spiro atoms. The summed E-state index contributed by atoms with van der Waals surface area (Å²) in [6, 6.07) is -1.35. The number of nitrogens with two attached hydrogens (primary N) is 1. The van der Waals surface area contributed by atoms with Crippen molar-refractivity contribution in [2.24, 2.45) is 11.7 Å². The van der Waals surface area contributed by atoms with Gasteiger partial charge in [-0.05, 0) is 0 Å². The van der Waals surface area contributed by atoms with Crippen molar-refractivity contribution in [1.82, 2.24) is 10.6 Å². The number of rotatable bonds is 5. The van der Waals surface area contributed by atoms with Crippen LogP contribution in [0, 0.1) is 5.92 Å². The Bertz CT molecular complexity index is 368. The van der Waals surface area contributed by atoms with Gasteiger partial charge in [-0.25, -0.2) is 4.79 Å². The van der Waals surface area contributed by atoms with Gasteiger partial charge in [-0.1, -0.05) is 0 Å². The van der Waals surface area contributed by atoms with E-state index in [4.69, 9.17) is 10.8 Å². The van der Waals surface area contributed by atoms with E-state index in [2.05, 4.69) is 10.6 Å². The number of amides is 3. The topological polar surface area (TPSA) is 139 Å². The molecule has 17 heavy (non-hydrogen) atoms. The zero-order valence-electron chi connectivity index (χ0n) is 8.93. The van der Waals surface area contributed by atoms with E-state index < -0.39 is 36.2 Å². The lowest BCUT2D eigenvalue weighted by molar-refractivity contribution is -0.143. The average molecular weight is 243 g/mol. The highest BCUT2D eigenvalue weighted by Gasteiger charge is 2.31. The van der Waals surface area contributed by atoms with Crippen molar-refractivity contribution in [3.8, 4) is 0 Å². The van der Waals surface area contributed by atoms with Gasteiger partial charge < -0.3 is 21.5 Å². The fraction of sp³-hybridized carbons (Fsp3) is 0.556. The first-order valence-corrected chi connectivity index (χ1v) is 4.98. The van der Waals surface area contributed by atoms with Gasteiger partial charge in [-0.15, -0.1) is 0 Å². The van der Waals surface area contributed by atoms with Gasteiger partial charge in [0.25, 0.3) is 0 Å². The van der Waals surface area contributed by atoms with E-state index in [0.717, 1.165) is 0 Å². The molecule has 0 aliphatic carbocycles. The van der Waals surface area contributed by atoms with Gasteiger partial charge in [0.15, 0.2) is 0 Å². The van der Waals surface area contributed by atoms with Crippen LogP contribution in [-0.2, 0) is 19.2 Å². The molecule has 0 bridgehead atoms. The molecule has 94 valence electrons. The first-order valence-electron chi connectivity index (χ1n) is 4.98. The molecular weight excluding hydrogens is 230 g/mol. The first-order chi connectivity index (χ1) is 7.90. The third-order valence-electron chi connectivity index (χ3n) is 2.37. The average Bonchev–Trinajstić information content (AvgIpc) is 2.63. The van der Waals surface area contributed by atoms with E-state index >= 15 is 0 Å². The number of primary amides is 1. The van der Waals surface area contributed by atoms with Crippen LogP contribution in [0.25, 0.3) is 0 Å². The molecule has 1 heterocycles. The molecule has 8 nitrogen and oxygen atoms in total. The molecule has 1 rings (SSSR count). The van der Waals surface area contributed by atoms with Crippen LogP contribution in [0.4, 0.5) is 0 Å². The molecule has 5 N–H and O–H groups in total. The Morgan fingerprint density at radius 2 is 2.18 bits per heavy atom. The summed E-state index contributed by atoms with van der Waals surface area (Å²) in [6.07, 6.45) is -0.454. The van der Waals surface area contributed by atoms with Crippen molar-refractivity contribution in [1.29, 1.82) is 0 Å². The van der Waals surface area contributed by atoms with E-state index in [1.807, 2.05) is 0 Å². The quantitative estimate of drug-likeness (QED) is 0.425. The second kappa shape index (κ2) is 5.28. The summed E-state index contributed by atoms with van der Waals surface area (Å²) in [6.45, 7) is 0.174. The lowest BCUT2D eigenvalue weighted by Gasteiger charge is -2.15. The van der Waals surface area contributed by atoms with Crippen LogP contribution in [0.5, 0.6) is 0 Å². The Morgan fingerprint density at radius 1 is 1.53 bits per heavy atom. The minimum Gasteiger partial charge on any atom is -0.480 e. The van der Waals surface area contributed by atoms with E-state index in [1.54, 1.807) is 0 Å². The summed E-state index contributed by atoms with van der Waals surface area (Å²) in [7, 11) is 0. The number of hydrogen-bond donors (Lipinski definition) is 4. The van der Waals surface area contributed by atoms with Crippen LogP contribution >= 0.6 is 0 Å². The molecule has 1 saturated heterocycles. The highest BCUT2D eigenvalue weighted by atomic mass is 16.4. The number of aliphatic carboxylic acids is 1. The molecule has 2 atom stereocenters. The van der Waals surface area contributed by atoms with Gasteiger partial charge in [0, 0.05) is 13.0 Å². The number of nitrogens with one attached hydrogen (secondary N) is 2. The molecule has 3 amide bonds. The molecule has 0 radical (unpaired) electrons. The lowest BCUT2D eigenvalue weighted by Crippen LogP contribution is -2.46. The molecule has 1 aliphatic rings. The first kappa shape index (κ1) is 12.9. The minimum absolute atomic E-state index is 0.0226. The molecule has 8 heteroatoms. The van der Waals surface area contributed by atoms with Crippen LogP contribution in [0.2, 0.25) is 0 Å². The summed E-state index contributed by atoms with van der Waals surface area (Å²) in [5.74, 6) is -3.59. The number of carboxylic acids is 1. The smallest absolute Gasteiger partial charge is 0.326 e. The Hall–Kier alpha value is -2.12. The monoisotopic (exact) mass is 243 g/mol. The molecule has 0 saturated carbocycles. The molecule has 0 aromatic carbocycles. The Balaban J connectivity index is 2.55. The summed E-state index contributed by atoms with van der Waals surface area (Å²) >= 11 is 0. The predicted molar refractivity (Wildman–Crippen MR) is 54.5 cm³/mol. The van der Waals surface area contributed by atoms with Gasteiger partial charge in [0.05, 0.1) is 12.3 Å².